The zero-order valence-corrected chi connectivity index (χ0v) is 10.6. The largest absolute Gasteiger partial charge is 0.331 e. The van der Waals surface area contributed by atoms with Gasteiger partial charge in [0.15, 0.2) is 0 Å². The van der Waals surface area contributed by atoms with Gasteiger partial charge in [0.05, 0.1) is 6.04 Å². The zero-order chi connectivity index (χ0) is 12.9. The number of barbiturate groups is 1. The van der Waals surface area contributed by atoms with Crippen LogP contribution < -0.4 is 5.32 Å². The van der Waals surface area contributed by atoms with Crippen molar-refractivity contribution in [1.29, 1.82) is 0 Å². The molecule has 4 amide bonds. The summed E-state index contributed by atoms with van der Waals surface area (Å²) in [6.45, 7) is 1.80. The van der Waals surface area contributed by atoms with Crippen LogP contribution in [0, 0.1) is 5.41 Å². The van der Waals surface area contributed by atoms with Gasteiger partial charge in [-0.05, 0) is 42.2 Å². The maximum Gasteiger partial charge on any atom is 0.331 e. The highest BCUT2D eigenvalue weighted by Gasteiger charge is 2.62. The summed E-state index contributed by atoms with van der Waals surface area (Å²) < 4.78 is 0. The van der Waals surface area contributed by atoms with E-state index in [-0.39, 0.29) is 11.9 Å². The maximum atomic E-state index is 12.3. The monoisotopic (exact) mass is 264 g/mol. The van der Waals surface area contributed by atoms with Gasteiger partial charge in [-0.15, -0.1) is 0 Å². The minimum Gasteiger partial charge on any atom is -0.277 e. The van der Waals surface area contributed by atoms with Crippen LogP contribution in [0.5, 0.6) is 0 Å². The lowest BCUT2D eigenvalue weighted by molar-refractivity contribution is -0.146. The Morgan fingerprint density at radius 2 is 2.11 bits per heavy atom. The molecule has 3 rings (SSSR count). The first kappa shape index (κ1) is 11.4. The van der Waals surface area contributed by atoms with Gasteiger partial charge in [0.1, 0.15) is 5.41 Å². The molecule has 2 aliphatic rings. The summed E-state index contributed by atoms with van der Waals surface area (Å²) in [7, 11) is 0. The fourth-order valence-corrected chi connectivity index (χ4v) is 3.02. The Morgan fingerprint density at radius 1 is 1.39 bits per heavy atom. The van der Waals surface area contributed by atoms with E-state index in [1.165, 1.54) is 16.2 Å². The topological polar surface area (TPSA) is 66.5 Å². The molecule has 1 N–H and O–H groups in total. The Kier molecular flexibility index (Phi) is 2.31. The summed E-state index contributed by atoms with van der Waals surface area (Å²) in [5.74, 6) is -0.791. The van der Waals surface area contributed by atoms with E-state index in [0.717, 1.165) is 5.56 Å². The normalized spacial score (nSPS) is 23.2. The Labute approximate surface area is 108 Å². The third-order valence-electron chi connectivity index (χ3n) is 3.66. The van der Waals surface area contributed by atoms with Gasteiger partial charge in [0.25, 0.3) is 0 Å². The van der Waals surface area contributed by atoms with Crippen molar-refractivity contribution in [3.8, 4) is 0 Å². The van der Waals surface area contributed by atoms with Gasteiger partial charge in [0.2, 0.25) is 11.8 Å². The third kappa shape index (κ3) is 1.42. The second-order valence-electron chi connectivity index (χ2n) is 4.75. The van der Waals surface area contributed by atoms with Crippen molar-refractivity contribution in [3.63, 3.8) is 0 Å². The molecule has 2 heterocycles. The molecule has 1 aliphatic heterocycles. The van der Waals surface area contributed by atoms with E-state index in [1.54, 1.807) is 6.92 Å². The third-order valence-corrected chi connectivity index (χ3v) is 4.37. The lowest BCUT2D eigenvalue weighted by Crippen LogP contribution is -2.59. The van der Waals surface area contributed by atoms with Crippen LogP contribution in [0.25, 0.3) is 0 Å². The van der Waals surface area contributed by atoms with Gasteiger partial charge in [-0.1, -0.05) is 0 Å². The summed E-state index contributed by atoms with van der Waals surface area (Å²) in [4.78, 5) is 37.0. The van der Waals surface area contributed by atoms with E-state index in [4.69, 9.17) is 0 Å². The van der Waals surface area contributed by atoms with E-state index >= 15 is 0 Å². The van der Waals surface area contributed by atoms with Crippen LogP contribution in [-0.4, -0.2) is 22.7 Å². The number of nitrogens with zero attached hydrogens (tertiary/aromatic N) is 1. The molecule has 1 aromatic heterocycles. The molecule has 94 valence electrons. The number of nitrogens with one attached hydrogen (secondary N) is 1. The van der Waals surface area contributed by atoms with Crippen LogP contribution in [0.15, 0.2) is 16.8 Å². The van der Waals surface area contributed by atoms with Crippen LogP contribution in [0.2, 0.25) is 0 Å². The number of amides is 4. The molecule has 18 heavy (non-hydrogen) atoms. The van der Waals surface area contributed by atoms with E-state index in [1.807, 2.05) is 16.8 Å². The van der Waals surface area contributed by atoms with Crippen molar-refractivity contribution in [3.05, 3.63) is 22.4 Å². The number of hydrogen-bond donors (Lipinski definition) is 1. The van der Waals surface area contributed by atoms with Gasteiger partial charge in [-0.3, -0.25) is 19.8 Å². The first-order chi connectivity index (χ1) is 8.56. The molecule has 1 saturated carbocycles. The summed E-state index contributed by atoms with van der Waals surface area (Å²) >= 11 is 1.51. The first-order valence-corrected chi connectivity index (χ1v) is 6.72. The van der Waals surface area contributed by atoms with Crippen molar-refractivity contribution in [1.82, 2.24) is 10.2 Å². The Bertz CT molecular complexity index is 534. The van der Waals surface area contributed by atoms with Crippen LogP contribution in [0.1, 0.15) is 31.4 Å². The van der Waals surface area contributed by atoms with Crippen LogP contribution in [0.3, 0.4) is 0 Å². The Balaban J connectivity index is 1.94. The molecule has 1 aliphatic carbocycles. The number of rotatable bonds is 2. The summed E-state index contributed by atoms with van der Waals surface area (Å²) in [6.07, 6.45) is 1.08. The lowest BCUT2D eigenvalue weighted by atomic mass is 9.99. The molecular weight excluding hydrogens is 252 g/mol. The highest BCUT2D eigenvalue weighted by atomic mass is 32.1. The predicted octanol–water partition coefficient (Wildman–Crippen LogP) is 1.67. The Hall–Kier alpha value is -1.69. The minimum atomic E-state index is -0.960. The fourth-order valence-electron chi connectivity index (χ4n) is 2.28. The molecule has 0 radical (unpaired) electrons. The minimum absolute atomic E-state index is 0.339. The maximum absolute atomic E-state index is 12.3. The molecule has 1 aromatic rings. The molecular formula is C12H12N2O3S. The predicted molar refractivity (Wildman–Crippen MR) is 64.8 cm³/mol. The van der Waals surface area contributed by atoms with E-state index in [9.17, 15) is 14.4 Å². The standard InChI is InChI=1S/C12H12N2O3S/c1-7(8-2-5-18-6-8)14-10(16)12(3-4-12)9(15)13-11(14)17/h2,5-7H,3-4H2,1H3,(H,13,15,17). The second kappa shape index (κ2) is 3.65. The molecule has 1 unspecified atom stereocenters. The average molecular weight is 264 g/mol. The first-order valence-electron chi connectivity index (χ1n) is 5.77. The van der Waals surface area contributed by atoms with E-state index < -0.39 is 17.4 Å². The van der Waals surface area contributed by atoms with Gasteiger partial charge < -0.3 is 0 Å². The molecule has 1 saturated heterocycles. The number of imide groups is 2. The summed E-state index contributed by atoms with van der Waals surface area (Å²) in [6, 6.07) is 0.932. The molecule has 2 fully saturated rings. The van der Waals surface area contributed by atoms with Crippen LogP contribution in [0.4, 0.5) is 4.79 Å². The molecule has 1 spiro atoms. The summed E-state index contributed by atoms with van der Waals surface area (Å²) in [5.41, 5.74) is -0.0493. The Morgan fingerprint density at radius 3 is 2.67 bits per heavy atom. The van der Waals surface area contributed by atoms with E-state index in [0.29, 0.717) is 12.8 Å². The van der Waals surface area contributed by atoms with Crippen molar-refractivity contribution in [2.75, 3.05) is 0 Å². The van der Waals surface area contributed by atoms with Crippen molar-refractivity contribution in [2.45, 2.75) is 25.8 Å². The molecule has 1 atom stereocenters. The molecule has 0 aromatic carbocycles. The number of thiophene rings is 1. The molecule has 6 heteroatoms. The van der Waals surface area contributed by atoms with Crippen molar-refractivity contribution >= 4 is 29.2 Å². The lowest BCUT2D eigenvalue weighted by Gasteiger charge is -2.34. The number of hydrogen-bond acceptors (Lipinski definition) is 4. The van der Waals surface area contributed by atoms with Gasteiger partial charge in [-0.2, -0.15) is 11.3 Å². The number of urea groups is 1. The smallest absolute Gasteiger partial charge is 0.277 e. The van der Waals surface area contributed by atoms with Crippen molar-refractivity contribution < 1.29 is 14.4 Å². The van der Waals surface area contributed by atoms with E-state index in [2.05, 4.69) is 5.32 Å². The number of carbonyl (C=O) groups excluding carboxylic acids is 3. The van der Waals surface area contributed by atoms with Gasteiger partial charge in [-0.25, -0.2) is 4.79 Å². The van der Waals surface area contributed by atoms with Gasteiger partial charge in [0, 0.05) is 0 Å². The highest BCUT2D eigenvalue weighted by Crippen LogP contribution is 2.50. The molecule has 5 nitrogen and oxygen atoms in total. The quantitative estimate of drug-likeness (QED) is 0.826. The average Bonchev–Trinajstić information content (AvgIpc) is 2.95. The van der Waals surface area contributed by atoms with Crippen LogP contribution >= 0.6 is 11.3 Å². The van der Waals surface area contributed by atoms with Gasteiger partial charge >= 0.3 is 6.03 Å². The number of carbonyl (C=O) groups is 3. The zero-order valence-electron chi connectivity index (χ0n) is 9.80. The second-order valence-corrected chi connectivity index (χ2v) is 5.53. The SMILES string of the molecule is CC(c1ccsc1)N1C(=O)NC(=O)C2(CC2)C1=O. The van der Waals surface area contributed by atoms with Crippen molar-refractivity contribution in [2.24, 2.45) is 5.41 Å². The molecule has 0 bridgehead atoms. The fraction of sp³-hybridized carbons (Fsp3) is 0.417. The summed E-state index contributed by atoms with van der Waals surface area (Å²) in [5, 5.41) is 6.09. The highest BCUT2D eigenvalue weighted by molar-refractivity contribution is 7.08. The van der Waals surface area contributed by atoms with Crippen LogP contribution in [-0.2, 0) is 9.59 Å².